The zero-order valence-corrected chi connectivity index (χ0v) is 12.1. The van der Waals surface area contributed by atoms with Gasteiger partial charge in [0.15, 0.2) is 0 Å². The number of nitro groups is 1. The molecule has 1 aliphatic rings. The van der Waals surface area contributed by atoms with Gasteiger partial charge in [0.05, 0.1) is 4.92 Å². The summed E-state index contributed by atoms with van der Waals surface area (Å²) in [6.45, 7) is 5.67. The van der Waals surface area contributed by atoms with Crippen LogP contribution < -0.4 is 10.6 Å². The molecule has 1 fully saturated rings. The van der Waals surface area contributed by atoms with Crippen LogP contribution in [0.3, 0.4) is 0 Å². The number of aromatic nitrogens is 1. The molecule has 20 heavy (non-hydrogen) atoms. The van der Waals surface area contributed by atoms with Gasteiger partial charge < -0.3 is 10.6 Å². The van der Waals surface area contributed by atoms with E-state index in [1.165, 1.54) is 31.7 Å². The van der Waals surface area contributed by atoms with Crippen molar-refractivity contribution < 1.29 is 4.92 Å². The van der Waals surface area contributed by atoms with Crippen LogP contribution in [0.2, 0.25) is 0 Å². The average Bonchev–Trinajstić information content (AvgIpc) is 2.84. The first-order valence-electron chi connectivity index (χ1n) is 7.17. The summed E-state index contributed by atoms with van der Waals surface area (Å²) in [5.74, 6) is 1.03. The molecule has 0 bridgehead atoms. The second-order valence-corrected chi connectivity index (χ2v) is 5.72. The summed E-state index contributed by atoms with van der Waals surface area (Å²) >= 11 is 0. The fourth-order valence-electron chi connectivity index (χ4n) is 2.71. The van der Waals surface area contributed by atoms with Crippen LogP contribution in [0.25, 0.3) is 0 Å². The van der Waals surface area contributed by atoms with E-state index in [0.717, 1.165) is 13.1 Å². The molecule has 0 radical (unpaired) electrons. The standard InChI is InChI=1S/C14H22N4O2/c1-3-15-12-7-6-11(18(19)20)13(17-12)16-10-14(2)8-4-5-9-14/h6-7H,3-5,8-10H2,1-2H3,(H2,15,16,17). The van der Waals surface area contributed by atoms with Crippen LogP contribution in [0.1, 0.15) is 39.5 Å². The van der Waals surface area contributed by atoms with Gasteiger partial charge in [-0.2, -0.15) is 0 Å². The highest BCUT2D eigenvalue weighted by Crippen LogP contribution is 2.38. The van der Waals surface area contributed by atoms with Crippen LogP contribution in [0.15, 0.2) is 12.1 Å². The largest absolute Gasteiger partial charge is 0.370 e. The lowest BCUT2D eigenvalue weighted by Gasteiger charge is -2.24. The maximum Gasteiger partial charge on any atom is 0.311 e. The average molecular weight is 278 g/mol. The van der Waals surface area contributed by atoms with E-state index < -0.39 is 0 Å². The molecule has 0 atom stereocenters. The molecule has 110 valence electrons. The van der Waals surface area contributed by atoms with E-state index in [1.54, 1.807) is 6.07 Å². The van der Waals surface area contributed by atoms with Crippen LogP contribution in [0.4, 0.5) is 17.3 Å². The van der Waals surface area contributed by atoms with Gasteiger partial charge >= 0.3 is 5.69 Å². The Balaban J connectivity index is 2.14. The predicted molar refractivity (Wildman–Crippen MR) is 80.1 cm³/mol. The highest BCUT2D eigenvalue weighted by atomic mass is 16.6. The fourth-order valence-corrected chi connectivity index (χ4v) is 2.71. The van der Waals surface area contributed by atoms with Crippen LogP contribution in [-0.2, 0) is 0 Å². The number of nitrogens with one attached hydrogen (secondary N) is 2. The molecule has 2 N–H and O–H groups in total. The van der Waals surface area contributed by atoms with E-state index in [1.807, 2.05) is 6.92 Å². The SMILES string of the molecule is CCNc1ccc([N+](=O)[O-])c(NCC2(C)CCCC2)n1. The van der Waals surface area contributed by atoms with Crippen molar-refractivity contribution in [2.24, 2.45) is 5.41 Å². The van der Waals surface area contributed by atoms with Crippen molar-refractivity contribution in [1.82, 2.24) is 4.98 Å². The highest BCUT2D eigenvalue weighted by molar-refractivity contribution is 5.60. The molecule has 1 aromatic rings. The van der Waals surface area contributed by atoms with Crippen molar-refractivity contribution in [3.05, 3.63) is 22.2 Å². The number of anilines is 2. The molecule has 0 amide bonds. The first-order valence-corrected chi connectivity index (χ1v) is 7.17. The van der Waals surface area contributed by atoms with Gasteiger partial charge in [0, 0.05) is 19.2 Å². The summed E-state index contributed by atoms with van der Waals surface area (Å²) in [4.78, 5) is 15.0. The van der Waals surface area contributed by atoms with Crippen LogP contribution in [0.5, 0.6) is 0 Å². The molecule has 1 aromatic heterocycles. The van der Waals surface area contributed by atoms with Crippen molar-refractivity contribution in [3.63, 3.8) is 0 Å². The summed E-state index contributed by atoms with van der Waals surface area (Å²) in [5.41, 5.74) is 0.261. The highest BCUT2D eigenvalue weighted by Gasteiger charge is 2.29. The summed E-state index contributed by atoms with van der Waals surface area (Å²) in [7, 11) is 0. The van der Waals surface area contributed by atoms with E-state index in [0.29, 0.717) is 11.6 Å². The van der Waals surface area contributed by atoms with Crippen LogP contribution in [0, 0.1) is 15.5 Å². The first kappa shape index (κ1) is 14.6. The molecule has 6 heteroatoms. The summed E-state index contributed by atoms with van der Waals surface area (Å²) in [5, 5.41) is 17.3. The topological polar surface area (TPSA) is 80.1 Å². The lowest BCUT2D eigenvalue weighted by Crippen LogP contribution is -2.24. The number of pyridine rings is 1. The minimum atomic E-state index is -0.387. The van der Waals surface area contributed by atoms with Gasteiger partial charge in [-0.25, -0.2) is 4.98 Å². The zero-order valence-electron chi connectivity index (χ0n) is 12.1. The Morgan fingerprint density at radius 3 is 2.65 bits per heavy atom. The minimum absolute atomic E-state index is 0.0354. The van der Waals surface area contributed by atoms with Crippen LogP contribution >= 0.6 is 0 Å². The smallest absolute Gasteiger partial charge is 0.311 e. The quantitative estimate of drug-likeness (QED) is 0.615. The molecule has 2 rings (SSSR count). The molecule has 1 aliphatic carbocycles. The molecular weight excluding hydrogens is 256 g/mol. The number of hydrogen-bond acceptors (Lipinski definition) is 5. The van der Waals surface area contributed by atoms with Crippen molar-refractivity contribution in [2.45, 2.75) is 39.5 Å². The van der Waals surface area contributed by atoms with Gasteiger partial charge in [-0.1, -0.05) is 19.8 Å². The Morgan fingerprint density at radius 1 is 1.35 bits per heavy atom. The predicted octanol–water partition coefficient (Wildman–Crippen LogP) is 3.41. The zero-order chi connectivity index (χ0) is 14.6. The van der Waals surface area contributed by atoms with Crippen molar-refractivity contribution >= 4 is 17.3 Å². The first-order chi connectivity index (χ1) is 9.54. The van der Waals surface area contributed by atoms with Crippen molar-refractivity contribution in [2.75, 3.05) is 23.7 Å². The lowest BCUT2D eigenvalue weighted by molar-refractivity contribution is -0.384. The Kier molecular flexibility index (Phi) is 4.42. The van der Waals surface area contributed by atoms with Crippen molar-refractivity contribution in [3.8, 4) is 0 Å². The second kappa shape index (κ2) is 6.07. The van der Waals surface area contributed by atoms with E-state index in [9.17, 15) is 10.1 Å². The van der Waals surface area contributed by atoms with Gasteiger partial charge in [0.1, 0.15) is 5.82 Å². The third-order valence-corrected chi connectivity index (χ3v) is 3.92. The monoisotopic (exact) mass is 278 g/mol. The molecule has 6 nitrogen and oxygen atoms in total. The van der Waals surface area contributed by atoms with E-state index >= 15 is 0 Å². The van der Waals surface area contributed by atoms with Gasteiger partial charge in [-0.15, -0.1) is 0 Å². The second-order valence-electron chi connectivity index (χ2n) is 5.72. The maximum absolute atomic E-state index is 11.1. The molecule has 0 aliphatic heterocycles. The Hall–Kier alpha value is -1.85. The fraction of sp³-hybridized carbons (Fsp3) is 0.643. The van der Waals surface area contributed by atoms with E-state index in [-0.39, 0.29) is 16.0 Å². The number of hydrogen-bond donors (Lipinski definition) is 2. The van der Waals surface area contributed by atoms with E-state index in [4.69, 9.17) is 0 Å². The van der Waals surface area contributed by atoms with Gasteiger partial charge in [0.25, 0.3) is 0 Å². The molecule has 0 unspecified atom stereocenters. The normalized spacial score (nSPS) is 16.9. The maximum atomic E-state index is 11.1. The lowest BCUT2D eigenvalue weighted by atomic mass is 9.89. The molecule has 1 heterocycles. The minimum Gasteiger partial charge on any atom is -0.370 e. The molecule has 1 saturated carbocycles. The summed E-state index contributed by atoms with van der Waals surface area (Å²) in [6.07, 6.45) is 4.82. The molecule has 0 spiro atoms. The number of nitrogens with zero attached hydrogens (tertiary/aromatic N) is 2. The molecule has 0 aromatic carbocycles. The third-order valence-electron chi connectivity index (χ3n) is 3.92. The number of rotatable bonds is 6. The van der Waals surface area contributed by atoms with Crippen molar-refractivity contribution in [1.29, 1.82) is 0 Å². The Labute approximate surface area is 119 Å². The third kappa shape index (κ3) is 3.37. The van der Waals surface area contributed by atoms with E-state index in [2.05, 4.69) is 22.5 Å². The summed E-state index contributed by atoms with van der Waals surface area (Å²) < 4.78 is 0. The van der Waals surface area contributed by atoms with Gasteiger partial charge in [0.2, 0.25) is 5.82 Å². The summed E-state index contributed by atoms with van der Waals surface area (Å²) in [6, 6.07) is 3.15. The Morgan fingerprint density at radius 2 is 2.05 bits per heavy atom. The van der Waals surface area contributed by atoms with Crippen LogP contribution in [-0.4, -0.2) is 23.0 Å². The molecular formula is C14H22N4O2. The molecule has 0 saturated heterocycles. The Bertz CT molecular complexity index is 484. The van der Waals surface area contributed by atoms with Gasteiger partial charge in [-0.3, -0.25) is 10.1 Å². The van der Waals surface area contributed by atoms with Gasteiger partial charge in [-0.05, 0) is 31.2 Å².